The van der Waals surface area contributed by atoms with E-state index in [-0.39, 0.29) is 23.2 Å². The van der Waals surface area contributed by atoms with Crippen molar-refractivity contribution in [1.29, 1.82) is 0 Å². The minimum absolute atomic E-state index is 0.0818. The van der Waals surface area contributed by atoms with Gasteiger partial charge in [0.05, 0.1) is 11.1 Å². The number of nitrogens with one attached hydrogen (secondary N) is 2. The molecule has 2 amide bonds. The largest absolute Gasteiger partial charge is 0.449 e. The highest BCUT2D eigenvalue weighted by molar-refractivity contribution is 5.97. The fourth-order valence-corrected chi connectivity index (χ4v) is 2.14. The Labute approximate surface area is 165 Å². The van der Waals surface area contributed by atoms with Gasteiger partial charge in [-0.3, -0.25) is 9.59 Å². The van der Waals surface area contributed by atoms with Crippen molar-refractivity contribution in [3.63, 3.8) is 0 Å². The zero-order valence-corrected chi connectivity index (χ0v) is 17.1. The van der Waals surface area contributed by atoms with E-state index in [1.165, 1.54) is 38.1 Å². The molecule has 0 spiro atoms. The lowest BCUT2D eigenvalue weighted by Crippen LogP contribution is -2.39. The first-order valence-electron chi connectivity index (χ1n) is 9.14. The van der Waals surface area contributed by atoms with Crippen LogP contribution in [0, 0.1) is 0 Å². The maximum Gasteiger partial charge on any atom is 0.338 e. The number of esters is 2. The molecule has 0 radical (unpaired) electrons. The average molecular weight is 392 g/mol. The summed E-state index contributed by atoms with van der Waals surface area (Å²) in [4.78, 5) is 48.2. The van der Waals surface area contributed by atoms with Gasteiger partial charge >= 0.3 is 11.9 Å². The first-order valence-corrected chi connectivity index (χ1v) is 9.14. The zero-order chi connectivity index (χ0) is 21.4. The first kappa shape index (κ1) is 23.1. The molecule has 0 aliphatic heterocycles. The third-order valence-electron chi connectivity index (χ3n) is 3.50. The molecular weight excluding hydrogens is 364 g/mol. The molecule has 0 fully saturated rings. The molecule has 0 bridgehead atoms. The normalized spacial score (nSPS) is 12.9. The van der Waals surface area contributed by atoms with Crippen LogP contribution in [-0.2, 0) is 19.1 Å². The van der Waals surface area contributed by atoms with Gasteiger partial charge in [0.15, 0.2) is 12.2 Å². The molecule has 0 saturated heterocycles. The molecule has 8 heteroatoms. The molecule has 1 rings (SSSR count). The number of benzene rings is 1. The fourth-order valence-electron chi connectivity index (χ4n) is 2.14. The predicted molar refractivity (Wildman–Crippen MR) is 103 cm³/mol. The molecule has 1 aromatic carbocycles. The summed E-state index contributed by atoms with van der Waals surface area (Å²) < 4.78 is 10.3. The summed E-state index contributed by atoms with van der Waals surface area (Å²) in [5, 5.41) is 5.29. The third-order valence-corrected chi connectivity index (χ3v) is 3.50. The van der Waals surface area contributed by atoms with Crippen LogP contribution in [0.2, 0.25) is 0 Å². The van der Waals surface area contributed by atoms with Crippen molar-refractivity contribution in [2.24, 2.45) is 0 Å². The summed E-state index contributed by atoms with van der Waals surface area (Å²) >= 11 is 0. The maximum absolute atomic E-state index is 12.3. The lowest BCUT2D eigenvalue weighted by atomic mass is 10.1. The minimum Gasteiger partial charge on any atom is -0.449 e. The Bertz CT molecular complexity index is 672. The van der Waals surface area contributed by atoms with E-state index in [1.807, 2.05) is 0 Å². The van der Waals surface area contributed by atoms with Gasteiger partial charge in [-0.1, -0.05) is 6.07 Å². The first-order chi connectivity index (χ1) is 13.0. The van der Waals surface area contributed by atoms with Gasteiger partial charge in [0.1, 0.15) is 0 Å². The van der Waals surface area contributed by atoms with E-state index in [0.29, 0.717) is 0 Å². The van der Waals surface area contributed by atoms with E-state index in [9.17, 15) is 19.2 Å². The summed E-state index contributed by atoms with van der Waals surface area (Å²) in [6.07, 6.45) is -1.96. The second-order valence-corrected chi connectivity index (χ2v) is 7.00. The summed E-state index contributed by atoms with van der Waals surface area (Å²) in [5.74, 6) is -2.31. The Kier molecular flexibility index (Phi) is 8.63. The van der Waals surface area contributed by atoms with Crippen molar-refractivity contribution in [2.45, 2.75) is 65.8 Å². The lowest BCUT2D eigenvalue weighted by molar-refractivity contribution is -0.130. The number of amides is 2. The molecular formula is C20H28N2O6. The third kappa shape index (κ3) is 7.38. The maximum atomic E-state index is 12.3. The SMILES string of the molecule is CC(C)NC(=O)[C@H](C)OC(=O)c1cccc(C(=O)O[C@H](C)C(=O)NC(C)C)c1. The van der Waals surface area contributed by atoms with Crippen LogP contribution in [0.25, 0.3) is 0 Å². The van der Waals surface area contributed by atoms with Crippen molar-refractivity contribution in [2.75, 3.05) is 0 Å². The van der Waals surface area contributed by atoms with Gasteiger partial charge in [0, 0.05) is 12.1 Å². The summed E-state index contributed by atoms with van der Waals surface area (Å²) in [5.41, 5.74) is 0.191. The van der Waals surface area contributed by atoms with E-state index in [2.05, 4.69) is 10.6 Å². The number of carbonyl (C=O) groups is 4. The highest BCUT2D eigenvalue weighted by atomic mass is 16.6. The summed E-state index contributed by atoms with van der Waals surface area (Å²) in [7, 11) is 0. The Morgan fingerprint density at radius 3 is 1.39 bits per heavy atom. The standard InChI is InChI=1S/C20H28N2O6/c1-11(2)21-17(23)13(5)27-19(25)15-8-7-9-16(10-15)20(26)28-14(6)18(24)22-12(3)4/h7-14H,1-6H3,(H,21,23)(H,22,24)/t13-,14+. The molecule has 0 heterocycles. The molecule has 2 atom stereocenters. The van der Waals surface area contributed by atoms with Crippen LogP contribution < -0.4 is 10.6 Å². The van der Waals surface area contributed by atoms with Gasteiger partial charge in [0.25, 0.3) is 11.8 Å². The smallest absolute Gasteiger partial charge is 0.338 e. The van der Waals surface area contributed by atoms with E-state index in [0.717, 1.165) is 0 Å². The second-order valence-electron chi connectivity index (χ2n) is 7.00. The van der Waals surface area contributed by atoms with Crippen LogP contribution in [0.1, 0.15) is 62.3 Å². The number of carbonyl (C=O) groups excluding carboxylic acids is 4. The van der Waals surface area contributed by atoms with Gasteiger partial charge in [-0.05, 0) is 59.7 Å². The molecule has 1 aromatic rings. The van der Waals surface area contributed by atoms with Gasteiger partial charge in [0.2, 0.25) is 0 Å². The fraction of sp³-hybridized carbons (Fsp3) is 0.500. The van der Waals surface area contributed by atoms with Gasteiger partial charge in [-0.2, -0.15) is 0 Å². The average Bonchev–Trinajstić information content (AvgIpc) is 2.60. The Morgan fingerprint density at radius 1 is 0.714 bits per heavy atom. The second kappa shape index (κ2) is 10.4. The Morgan fingerprint density at radius 2 is 1.07 bits per heavy atom. The van der Waals surface area contributed by atoms with E-state index in [4.69, 9.17) is 9.47 Å². The van der Waals surface area contributed by atoms with E-state index < -0.39 is 36.0 Å². The minimum atomic E-state index is -0.981. The molecule has 0 aromatic heterocycles. The molecule has 8 nitrogen and oxygen atoms in total. The molecule has 154 valence electrons. The molecule has 0 aliphatic carbocycles. The van der Waals surface area contributed by atoms with Crippen LogP contribution in [-0.4, -0.2) is 48.0 Å². The van der Waals surface area contributed by atoms with E-state index in [1.54, 1.807) is 27.7 Å². The monoisotopic (exact) mass is 392 g/mol. The van der Waals surface area contributed by atoms with Crippen molar-refractivity contribution in [3.05, 3.63) is 35.4 Å². The number of rotatable bonds is 8. The van der Waals surface area contributed by atoms with Crippen LogP contribution in [0.4, 0.5) is 0 Å². The Hall–Kier alpha value is -2.90. The van der Waals surface area contributed by atoms with Crippen LogP contribution in [0.15, 0.2) is 24.3 Å². The molecule has 28 heavy (non-hydrogen) atoms. The molecule has 0 unspecified atom stereocenters. The summed E-state index contributed by atoms with van der Waals surface area (Å²) in [6, 6.07) is 5.54. The van der Waals surface area contributed by atoms with Crippen molar-refractivity contribution < 1.29 is 28.7 Å². The molecule has 0 saturated carbocycles. The van der Waals surface area contributed by atoms with Crippen LogP contribution in [0.5, 0.6) is 0 Å². The molecule has 0 aliphatic rings. The van der Waals surface area contributed by atoms with Crippen LogP contribution in [0.3, 0.4) is 0 Å². The summed E-state index contributed by atoms with van der Waals surface area (Å²) in [6.45, 7) is 10.1. The number of hydrogen-bond donors (Lipinski definition) is 2. The number of ether oxygens (including phenoxy) is 2. The molecule has 2 N–H and O–H groups in total. The highest BCUT2D eigenvalue weighted by Crippen LogP contribution is 2.11. The Balaban J connectivity index is 2.77. The quantitative estimate of drug-likeness (QED) is 0.653. The zero-order valence-electron chi connectivity index (χ0n) is 17.1. The lowest BCUT2D eigenvalue weighted by Gasteiger charge is -2.16. The van der Waals surface area contributed by atoms with Crippen molar-refractivity contribution in [3.8, 4) is 0 Å². The van der Waals surface area contributed by atoms with E-state index >= 15 is 0 Å². The van der Waals surface area contributed by atoms with Crippen molar-refractivity contribution >= 4 is 23.8 Å². The topological polar surface area (TPSA) is 111 Å². The predicted octanol–water partition coefficient (Wildman–Crippen LogP) is 1.83. The van der Waals surface area contributed by atoms with Gasteiger partial charge < -0.3 is 20.1 Å². The number of hydrogen-bond acceptors (Lipinski definition) is 6. The van der Waals surface area contributed by atoms with Crippen LogP contribution >= 0.6 is 0 Å². The highest BCUT2D eigenvalue weighted by Gasteiger charge is 2.22. The van der Waals surface area contributed by atoms with Gasteiger partial charge in [-0.25, -0.2) is 9.59 Å². The van der Waals surface area contributed by atoms with Crippen molar-refractivity contribution in [1.82, 2.24) is 10.6 Å². The van der Waals surface area contributed by atoms with Gasteiger partial charge in [-0.15, -0.1) is 0 Å².